The first kappa shape index (κ1) is 12.0. The normalized spacial score (nSPS) is 9.89. The summed E-state index contributed by atoms with van der Waals surface area (Å²) in [5.41, 5.74) is 2.09. The van der Waals surface area contributed by atoms with Gasteiger partial charge in [0.2, 0.25) is 0 Å². The van der Waals surface area contributed by atoms with Crippen molar-refractivity contribution in [2.75, 3.05) is 19.5 Å². The largest absolute Gasteiger partial charge is 0.465 e. The van der Waals surface area contributed by atoms with Crippen LogP contribution >= 0.6 is 0 Å². The highest BCUT2D eigenvalue weighted by Gasteiger charge is 2.07. The van der Waals surface area contributed by atoms with Crippen molar-refractivity contribution >= 4 is 11.8 Å². The number of hydrogen-bond donors (Lipinski definition) is 1. The van der Waals surface area contributed by atoms with E-state index in [9.17, 15) is 4.79 Å². The van der Waals surface area contributed by atoms with Crippen molar-refractivity contribution in [1.29, 1.82) is 0 Å². The SMILES string of the molecule is CNc1cc(-c2cccc(C(=O)OC)c2)ncn1. The molecule has 1 heterocycles. The first-order valence-electron chi connectivity index (χ1n) is 5.43. The molecule has 0 saturated carbocycles. The van der Waals surface area contributed by atoms with Gasteiger partial charge in [0.25, 0.3) is 0 Å². The average Bonchev–Trinajstić information content (AvgIpc) is 2.46. The molecule has 0 spiro atoms. The van der Waals surface area contributed by atoms with Crippen LogP contribution in [0, 0.1) is 0 Å². The lowest BCUT2D eigenvalue weighted by Crippen LogP contribution is -2.01. The Morgan fingerprint density at radius 2 is 2.11 bits per heavy atom. The predicted octanol–water partition coefficient (Wildman–Crippen LogP) is 1.97. The number of carbonyl (C=O) groups excluding carboxylic acids is 1. The molecule has 0 bridgehead atoms. The molecule has 0 amide bonds. The molecule has 2 aromatic rings. The van der Waals surface area contributed by atoms with Gasteiger partial charge in [0.1, 0.15) is 12.1 Å². The highest BCUT2D eigenvalue weighted by Crippen LogP contribution is 2.20. The Bertz CT molecular complexity index is 570. The fraction of sp³-hybridized carbons (Fsp3) is 0.154. The van der Waals surface area contributed by atoms with E-state index >= 15 is 0 Å². The monoisotopic (exact) mass is 243 g/mol. The van der Waals surface area contributed by atoms with Crippen LogP contribution in [0.1, 0.15) is 10.4 Å². The van der Waals surface area contributed by atoms with E-state index in [1.54, 1.807) is 25.2 Å². The highest BCUT2D eigenvalue weighted by molar-refractivity contribution is 5.90. The van der Waals surface area contributed by atoms with Gasteiger partial charge in [-0.1, -0.05) is 12.1 Å². The maximum atomic E-state index is 11.5. The zero-order valence-electron chi connectivity index (χ0n) is 10.2. The van der Waals surface area contributed by atoms with E-state index in [0.717, 1.165) is 17.1 Å². The van der Waals surface area contributed by atoms with Crippen molar-refractivity contribution in [3.8, 4) is 11.3 Å². The molecule has 18 heavy (non-hydrogen) atoms. The third-order valence-electron chi connectivity index (χ3n) is 2.50. The van der Waals surface area contributed by atoms with Crippen molar-refractivity contribution in [3.05, 3.63) is 42.2 Å². The van der Waals surface area contributed by atoms with Crippen molar-refractivity contribution in [2.24, 2.45) is 0 Å². The van der Waals surface area contributed by atoms with Gasteiger partial charge in [-0.2, -0.15) is 0 Å². The molecule has 1 aromatic heterocycles. The molecule has 1 aromatic carbocycles. The van der Waals surface area contributed by atoms with Crippen LogP contribution in [0.25, 0.3) is 11.3 Å². The number of nitrogens with one attached hydrogen (secondary N) is 1. The Morgan fingerprint density at radius 1 is 1.28 bits per heavy atom. The molecular formula is C13H13N3O2. The lowest BCUT2D eigenvalue weighted by molar-refractivity contribution is 0.0601. The van der Waals surface area contributed by atoms with Gasteiger partial charge < -0.3 is 10.1 Å². The number of aromatic nitrogens is 2. The number of anilines is 1. The molecule has 0 radical (unpaired) electrons. The van der Waals surface area contributed by atoms with Crippen LogP contribution in [0.3, 0.4) is 0 Å². The minimum Gasteiger partial charge on any atom is -0.465 e. The van der Waals surface area contributed by atoms with Gasteiger partial charge >= 0.3 is 5.97 Å². The molecule has 0 aliphatic rings. The summed E-state index contributed by atoms with van der Waals surface area (Å²) in [4.78, 5) is 19.7. The predicted molar refractivity (Wildman–Crippen MR) is 68.4 cm³/mol. The van der Waals surface area contributed by atoms with Crippen molar-refractivity contribution in [2.45, 2.75) is 0 Å². The van der Waals surface area contributed by atoms with E-state index in [1.807, 2.05) is 12.1 Å². The van der Waals surface area contributed by atoms with Crippen LogP contribution in [-0.2, 0) is 4.74 Å². The zero-order valence-corrected chi connectivity index (χ0v) is 10.2. The van der Waals surface area contributed by atoms with Gasteiger partial charge in [-0.3, -0.25) is 0 Å². The number of rotatable bonds is 3. The first-order chi connectivity index (χ1) is 8.74. The van der Waals surface area contributed by atoms with E-state index in [1.165, 1.54) is 13.4 Å². The molecule has 0 atom stereocenters. The van der Waals surface area contributed by atoms with E-state index in [0.29, 0.717) is 5.56 Å². The number of nitrogens with zero attached hydrogens (tertiary/aromatic N) is 2. The summed E-state index contributed by atoms with van der Waals surface area (Å²) < 4.78 is 4.69. The minimum absolute atomic E-state index is 0.361. The maximum absolute atomic E-state index is 11.5. The van der Waals surface area contributed by atoms with Crippen molar-refractivity contribution in [1.82, 2.24) is 9.97 Å². The summed E-state index contributed by atoms with van der Waals surface area (Å²) in [6.45, 7) is 0. The van der Waals surface area contributed by atoms with Gasteiger partial charge in [0, 0.05) is 18.7 Å². The molecule has 2 rings (SSSR count). The van der Waals surface area contributed by atoms with E-state index < -0.39 is 0 Å². The number of esters is 1. The quantitative estimate of drug-likeness (QED) is 0.835. The molecule has 0 fully saturated rings. The van der Waals surface area contributed by atoms with E-state index in [2.05, 4.69) is 20.0 Å². The molecule has 5 nitrogen and oxygen atoms in total. The second-order valence-corrected chi connectivity index (χ2v) is 3.61. The lowest BCUT2D eigenvalue weighted by atomic mass is 10.1. The Balaban J connectivity index is 2.41. The summed E-state index contributed by atoms with van der Waals surface area (Å²) in [5, 5.41) is 2.94. The summed E-state index contributed by atoms with van der Waals surface area (Å²) in [6.07, 6.45) is 1.48. The van der Waals surface area contributed by atoms with Crippen molar-refractivity contribution < 1.29 is 9.53 Å². The number of methoxy groups -OCH3 is 1. The third-order valence-corrected chi connectivity index (χ3v) is 2.50. The van der Waals surface area contributed by atoms with Crippen LogP contribution in [0.15, 0.2) is 36.7 Å². The Hall–Kier alpha value is -2.43. The number of benzene rings is 1. The standard InChI is InChI=1S/C13H13N3O2/c1-14-12-7-11(15-8-16-12)9-4-3-5-10(6-9)13(17)18-2/h3-8H,1-2H3,(H,14,15,16). The zero-order chi connectivity index (χ0) is 13.0. The molecule has 0 aliphatic heterocycles. The molecule has 5 heteroatoms. The molecule has 0 aliphatic carbocycles. The average molecular weight is 243 g/mol. The first-order valence-corrected chi connectivity index (χ1v) is 5.43. The second kappa shape index (κ2) is 5.27. The van der Waals surface area contributed by atoms with Gasteiger partial charge in [-0.25, -0.2) is 14.8 Å². The fourth-order valence-electron chi connectivity index (χ4n) is 1.58. The molecule has 92 valence electrons. The van der Waals surface area contributed by atoms with Gasteiger partial charge in [0.15, 0.2) is 0 Å². The Labute approximate surface area is 105 Å². The van der Waals surface area contributed by atoms with Gasteiger partial charge in [0.05, 0.1) is 18.4 Å². The van der Waals surface area contributed by atoms with Gasteiger partial charge in [-0.15, -0.1) is 0 Å². The topological polar surface area (TPSA) is 64.1 Å². The summed E-state index contributed by atoms with van der Waals surface area (Å²) in [7, 11) is 3.15. The smallest absolute Gasteiger partial charge is 0.337 e. The highest BCUT2D eigenvalue weighted by atomic mass is 16.5. The molecular weight excluding hydrogens is 230 g/mol. The van der Waals surface area contributed by atoms with Crippen LogP contribution in [0.2, 0.25) is 0 Å². The summed E-state index contributed by atoms with van der Waals surface area (Å²) in [6, 6.07) is 8.94. The summed E-state index contributed by atoms with van der Waals surface area (Å²) >= 11 is 0. The van der Waals surface area contributed by atoms with Crippen LogP contribution < -0.4 is 5.32 Å². The second-order valence-electron chi connectivity index (χ2n) is 3.61. The Morgan fingerprint density at radius 3 is 2.83 bits per heavy atom. The molecule has 1 N–H and O–H groups in total. The Kier molecular flexibility index (Phi) is 3.52. The van der Waals surface area contributed by atoms with Crippen LogP contribution in [0.5, 0.6) is 0 Å². The van der Waals surface area contributed by atoms with Crippen LogP contribution in [0.4, 0.5) is 5.82 Å². The van der Waals surface area contributed by atoms with E-state index in [4.69, 9.17) is 0 Å². The number of ether oxygens (including phenoxy) is 1. The number of carbonyl (C=O) groups is 1. The number of hydrogen-bond acceptors (Lipinski definition) is 5. The lowest BCUT2D eigenvalue weighted by Gasteiger charge is -2.05. The third kappa shape index (κ3) is 2.45. The minimum atomic E-state index is -0.361. The molecule has 0 saturated heterocycles. The molecule has 0 unspecified atom stereocenters. The van der Waals surface area contributed by atoms with E-state index in [-0.39, 0.29) is 5.97 Å². The van der Waals surface area contributed by atoms with Crippen LogP contribution in [-0.4, -0.2) is 30.1 Å². The maximum Gasteiger partial charge on any atom is 0.337 e. The van der Waals surface area contributed by atoms with Crippen molar-refractivity contribution in [3.63, 3.8) is 0 Å². The van der Waals surface area contributed by atoms with Gasteiger partial charge in [-0.05, 0) is 12.1 Å². The fourth-order valence-corrected chi connectivity index (χ4v) is 1.58. The summed E-state index contributed by atoms with van der Waals surface area (Å²) in [5.74, 6) is 0.364.